The minimum absolute atomic E-state index is 0.0409. The summed E-state index contributed by atoms with van der Waals surface area (Å²) in [6.07, 6.45) is 1.93. The molecule has 1 saturated heterocycles. The third kappa shape index (κ3) is 3.85. The van der Waals surface area contributed by atoms with Gasteiger partial charge in [-0.1, -0.05) is 6.07 Å². The number of amides is 1. The van der Waals surface area contributed by atoms with Crippen molar-refractivity contribution in [3.63, 3.8) is 0 Å². The van der Waals surface area contributed by atoms with E-state index in [1.54, 1.807) is 16.1 Å². The van der Waals surface area contributed by atoms with E-state index in [1.165, 1.54) is 0 Å². The molecule has 1 atom stereocenters. The quantitative estimate of drug-likeness (QED) is 0.654. The largest absolute Gasteiger partial charge is 0.494 e. The minimum atomic E-state index is 0.0409. The fourth-order valence-electron chi connectivity index (χ4n) is 3.33. The third-order valence-corrected chi connectivity index (χ3v) is 5.48. The van der Waals surface area contributed by atoms with E-state index >= 15 is 0 Å². The molecular weight excluding hydrogens is 362 g/mol. The van der Waals surface area contributed by atoms with Gasteiger partial charge < -0.3 is 9.64 Å². The summed E-state index contributed by atoms with van der Waals surface area (Å²) in [4.78, 5) is 17.4. The van der Waals surface area contributed by atoms with Crippen LogP contribution in [-0.2, 0) is 6.54 Å². The van der Waals surface area contributed by atoms with Crippen LogP contribution in [0.2, 0.25) is 0 Å². The van der Waals surface area contributed by atoms with E-state index in [9.17, 15) is 4.79 Å². The normalized spacial score (nSPS) is 16.6. The fourth-order valence-corrected chi connectivity index (χ4v) is 3.98. The highest BCUT2D eigenvalue weighted by Crippen LogP contribution is 2.23. The molecule has 1 amide bonds. The maximum atomic E-state index is 12.9. The van der Waals surface area contributed by atoms with Gasteiger partial charge in [-0.3, -0.25) is 4.79 Å². The van der Waals surface area contributed by atoms with Crippen molar-refractivity contribution < 1.29 is 9.53 Å². The van der Waals surface area contributed by atoms with Gasteiger partial charge in [0, 0.05) is 12.1 Å². The molecule has 7 nitrogen and oxygen atoms in total. The van der Waals surface area contributed by atoms with Crippen LogP contribution in [0.4, 0.5) is 0 Å². The van der Waals surface area contributed by atoms with Gasteiger partial charge in [-0.05, 0) is 60.7 Å². The molecule has 0 aliphatic carbocycles. The van der Waals surface area contributed by atoms with Crippen LogP contribution < -0.4 is 4.74 Å². The molecule has 8 heteroatoms. The Kier molecular flexibility index (Phi) is 5.15. The van der Waals surface area contributed by atoms with Crippen molar-refractivity contribution in [2.75, 3.05) is 13.2 Å². The highest BCUT2D eigenvalue weighted by Gasteiger charge is 2.30. The van der Waals surface area contributed by atoms with Crippen molar-refractivity contribution >= 4 is 17.2 Å². The third-order valence-electron chi connectivity index (χ3n) is 4.62. The van der Waals surface area contributed by atoms with Crippen LogP contribution in [0.3, 0.4) is 0 Å². The van der Waals surface area contributed by atoms with E-state index < -0.39 is 0 Å². The molecule has 1 aliphatic rings. The van der Waals surface area contributed by atoms with Crippen molar-refractivity contribution in [1.29, 1.82) is 0 Å². The Morgan fingerprint density at radius 3 is 2.89 bits per heavy atom. The molecule has 0 unspecified atom stereocenters. The van der Waals surface area contributed by atoms with E-state index in [4.69, 9.17) is 4.74 Å². The molecular formula is C19H21N5O2S. The van der Waals surface area contributed by atoms with E-state index in [0.29, 0.717) is 24.5 Å². The van der Waals surface area contributed by atoms with Gasteiger partial charge in [-0.2, -0.15) is 4.80 Å². The first-order valence-corrected chi connectivity index (χ1v) is 9.98. The van der Waals surface area contributed by atoms with E-state index in [2.05, 4.69) is 15.4 Å². The van der Waals surface area contributed by atoms with Gasteiger partial charge in [-0.15, -0.1) is 21.5 Å². The molecule has 2 aromatic heterocycles. The lowest BCUT2D eigenvalue weighted by Gasteiger charge is -2.24. The minimum Gasteiger partial charge on any atom is -0.494 e. The summed E-state index contributed by atoms with van der Waals surface area (Å²) in [5, 5.41) is 14.7. The lowest BCUT2D eigenvalue weighted by Crippen LogP contribution is -2.38. The summed E-state index contributed by atoms with van der Waals surface area (Å²) >= 11 is 1.59. The number of nitrogens with zero attached hydrogens (tertiary/aromatic N) is 5. The highest BCUT2D eigenvalue weighted by molar-refractivity contribution is 7.13. The maximum Gasteiger partial charge on any atom is 0.254 e. The van der Waals surface area contributed by atoms with Crippen LogP contribution in [0, 0.1) is 0 Å². The molecule has 0 saturated carbocycles. The maximum absolute atomic E-state index is 12.9. The first-order valence-electron chi connectivity index (χ1n) is 9.10. The van der Waals surface area contributed by atoms with Crippen molar-refractivity contribution in [1.82, 2.24) is 25.1 Å². The van der Waals surface area contributed by atoms with Crippen molar-refractivity contribution in [3.05, 3.63) is 47.3 Å². The van der Waals surface area contributed by atoms with Crippen molar-refractivity contribution in [2.24, 2.45) is 0 Å². The standard InChI is InChI=1S/C19H21N5O2S/c1-2-26-16-9-7-14(8-10-16)19(25)23-11-3-5-15(23)13-24-21-18(20-22-24)17-6-4-12-27-17/h4,6-10,12,15H,2-3,5,11,13H2,1H3/t15-/m1/s1. The molecule has 0 radical (unpaired) electrons. The lowest BCUT2D eigenvalue weighted by atomic mass is 10.1. The number of likely N-dealkylation sites (tertiary alicyclic amines) is 1. The predicted molar refractivity (Wildman–Crippen MR) is 103 cm³/mol. The molecule has 3 aromatic rings. The lowest BCUT2D eigenvalue weighted by molar-refractivity contribution is 0.0718. The van der Waals surface area contributed by atoms with Crippen LogP contribution in [0.5, 0.6) is 5.75 Å². The van der Waals surface area contributed by atoms with Gasteiger partial charge >= 0.3 is 0 Å². The second-order valence-corrected chi connectivity index (χ2v) is 7.34. The number of hydrogen-bond donors (Lipinski definition) is 0. The number of thiophene rings is 1. The summed E-state index contributed by atoms with van der Waals surface area (Å²) < 4.78 is 5.45. The zero-order valence-electron chi connectivity index (χ0n) is 15.1. The van der Waals surface area contributed by atoms with Crippen LogP contribution >= 0.6 is 11.3 Å². The Bertz CT molecular complexity index is 891. The molecule has 0 bridgehead atoms. The van der Waals surface area contributed by atoms with Gasteiger partial charge in [0.15, 0.2) is 0 Å². The smallest absolute Gasteiger partial charge is 0.254 e. The summed E-state index contributed by atoms with van der Waals surface area (Å²) in [7, 11) is 0. The Labute approximate surface area is 161 Å². The molecule has 3 heterocycles. The monoisotopic (exact) mass is 383 g/mol. The van der Waals surface area contributed by atoms with E-state index in [0.717, 1.165) is 30.0 Å². The average molecular weight is 383 g/mol. The first kappa shape index (κ1) is 17.7. The molecule has 27 heavy (non-hydrogen) atoms. The second kappa shape index (κ2) is 7.87. The summed E-state index contributed by atoms with van der Waals surface area (Å²) in [6.45, 7) is 3.86. The Morgan fingerprint density at radius 1 is 1.30 bits per heavy atom. The Morgan fingerprint density at radius 2 is 2.15 bits per heavy atom. The SMILES string of the molecule is CCOc1ccc(C(=O)N2CCC[C@@H]2Cn2nnc(-c3cccs3)n2)cc1. The zero-order chi connectivity index (χ0) is 18.6. The molecule has 0 N–H and O–H groups in total. The number of tetrazole rings is 1. The van der Waals surface area contributed by atoms with Crippen LogP contribution in [0.1, 0.15) is 30.1 Å². The predicted octanol–water partition coefficient (Wildman–Crippen LogP) is 3.11. The second-order valence-electron chi connectivity index (χ2n) is 6.40. The number of rotatable bonds is 6. The Balaban J connectivity index is 1.45. The van der Waals surface area contributed by atoms with Gasteiger partial charge in [0.1, 0.15) is 5.75 Å². The first-order chi connectivity index (χ1) is 13.2. The Hall–Kier alpha value is -2.74. The topological polar surface area (TPSA) is 73.1 Å². The molecule has 140 valence electrons. The molecule has 4 rings (SSSR count). The van der Waals surface area contributed by atoms with Crippen LogP contribution in [-0.4, -0.2) is 50.2 Å². The zero-order valence-corrected chi connectivity index (χ0v) is 15.9. The average Bonchev–Trinajstić information content (AvgIpc) is 3.44. The van der Waals surface area contributed by atoms with Crippen molar-refractivity contribution in [3.8, 4) is 16.5 Å². The fraction of sp³-hybridized carbons (Fsp3) is 0.368. The number of benzene rings is 1. The molecule has 1 aromatic carbocycles. The number of ether oxygens (including phenoxy) is 1. The number of carbonyl (C=O) groups excluding carboxylic acids is 1. The van der Waals surface area contributed by atoms with Gasteiger partial charge in [0.05, 0.1) is 24.1 Å². The van der Waals surface area contributed by atoms with Gasteiger partial charge in [-0.25, -0.2) is 0 Å². The summed E-state index contributed by atoms with van der Waals surface area (Å²) in [5.74, 6) is 1.45. The van der Waals surface area contributed by atoms with Crippen molar-refractivity contribution in [2.45, 2.75) is 32.4 Å². The summed E-state index contributed by atoms with van der Waals surface area (Å²) in [6, 6.07) is 11.4. The number of hydrogen-bond acceptors (Lipinski definition) is 6. The molecule has 1 aliphatic heterocycles. The highest BCUT2D eigenvalue weighted by atomic mass is 32.1. The van der Waals surface area contributed by atoms with Crippen LogP contribution in [0.25, 0.3) is 10.7 Å². The number of carbonyl (C=O) groups is 1. The molecule has 0 spiro atoms. The molecule has 1 fully saturated rings. The van der Waals surface area contributed by atoms with Gasteiger partial charge in [0.2, 0.25) is 5.82 Å². The van der Waals surface area contributed by atoms with Crippen LogP contribution in [0.15, 0.2) is 41.8 Å². The van der Waals surface area contributed by atoms with E-state index in [1.807, 2.05) is 53.6 Å². The summed E-state index contributed by atoms with van der Waals surface area (Å²) in [5.41, 5.74) is 0.677. The number of aromatic nitrogens is 4. The van der Waals surface area contributed by atoms with E-state index in [-0.39, 0.29) is 11.9 Å². The van der Waals surface area contributed by atoms with Gasteiger partial charge in [0.25, 0.3) is 5.91 Å².